The third-order valence-corrected chi connectivity index (χ3v) is 7.97. The first kappa shape index (κ1) is 25.7. The Labute approximate surface area is 215 Å². The fraction of sp³-hybridized carbons (Fsp3) is 0.423. The molecule has 3 heterocycles. The number of likely N-dealkylation sites (tertiary alicyclic amines) is 1. The van der Waals surface area contributed by atoms with E-state index in [4.69, 9.17) is 22.1 Å². The van der Waals surface area contributed by atoms with E-state index in [9.17, 15) is 9.90 Å². The Morgan fingerprint density at radius 2 is 2.20 bits per heavy atom. The molecule has 0 spiro atoms. The summed E-state index contributed by atoms with van der Waals surface area (Å²) in [7, 11) is 1.62. The third-order valence-electron chi connectivity index (χ3n) is 6.74. The Morgan fingerprint density at radius 3 is 2.94 bits per heavy atom. The van der Waals surface area contributed by atoms with Crippen LogP contribution in [0.4, 0.5) is 0 Å². The number of hydrogen-bond acceptors (Lipinski definition) is 7. The van der Waals surface area contributed by atoms with Crippen molar-refractivity contribution in [3.63, 3.8) is 0 Å². The molecule has 3 aromatic rings. The molecule has 186 valence electrons. The zero-order chi connectivity index (χ0) is 24.8. The minimum Gasteiger partial charge on any atom is -0.497 e. The number of aromatic nitrogens is 2. The van der Waals surface area contributed by atoms with Gasteiger partial charge in [0.15, 0.2) is 0 Å². The first-order valence-corrected chi connectivity index (χ1v) is 13.2. The quantitative estimate of drug-likeness (QED) is 0.369. The largest absolute Gasteiger partial charge is 0.497 e. The van der Waals surface area contributed by atoms with Crippen LogP contribution >= 0.6 is 23.4 Å². The van der Waals surface area contributed by atoms with Gasteiger partial charge in [0.25, 0.3) is 0 Å². The SMILES string of the molecule is COc1ccc2ncc(Cl)c([C@H](N)CCC3CCN(CCSc4ccccn4)CC3C(=O)O)c2c1. The van der Waals surface area contributed by atoms with Gasteiger partial charge in [-0.3, -0.25) is 9.78 Å². The molecule has 0 amide bonds. The lowest BCUT2D eigenvalue weighted by Gasteiger charge is -2.37. The second-order valence-corrected chi connectivity index (χ2v) is 10.4. The van der Waals surface area contributed by atoms with Gasteiger partial charge in [0.05, 0.1) is 28.6 Å². The maximum atomic E-state index is 12.1. The van der Waals surface area contributed by atoms with Gasteiger partial charge in [-0.05, 0) is 67.6 Å². The van der Waals surface area contributed by atoms with E-state index in [1.807, 2.05) is 36.4 Å². The average molecular weight is 515 g/mol. The highest BCUT2D eigenvalue weighted by molar-refractivity contribution is 7.99. The van der Waals surface area contributed by atoms with Crippen LogP contribution < -0.4 is 10.5 Å². The van der Waals surface area contributed by atoms with Crippen molar-refractivity contribution in [2.24, 2.45) is 17.6 Å². The van der Waals surface area contributed by atoms with Gasteiger partial charge in [0.2, 0.25) is 0 Å². The molecule has 4 rings (SSSR count). The standard InChI is InChI=1S/C26H31ClN4O3S/c1-34-18-6-8-23-19(14-18)25(21(27)15-30-23)22(28)7-5-17-9-11-31(16-20(17)26(32)33)12-13-35-24-4-2-3-10-29-24/h2-4,6,8,10,14-15,17,20,22H,5,7,9,11-13,16,28H2,1H3,(H,32,33)/t17?,20?,22-/m1/s1. The summed E-state index contributed by atoms with van der Waals surface area (Å²) in [4.78, 5) is 23.1. The van der Waals surface area contributed by atoms with Gasteiger partial charge in [-0.25, -0.2) is 4.98 Å². The van der Waals surface area contributed by atoms with Crippen LogP contribution in [0, 0.1) is 11.8 Å². The summed E-state index contributed by atoms with van der Waals surface area (Å²) in [5.74, 6) is 0.549. The van der Waals surface area contributed by atoms with E-state index in [-0.39, 0.29) is 12.0 Å². The number of carbonyl (C=O) groups is 1. The van der Waals surface area contributed by atoms with Crippen molar-refractivity contribution in [3.8, 4) is 5.75 Å². The molecule has 2 aromatic heterocycles. The molecule has 1 fully saturated rings. The predicted octanol–water partition coefficient (Wildman–Crippen LogP) is 4.89. The number of carboxylic acid groups (broad SMARTS) is 1. The molecular weight excluding hydrogens is 484 g/mol. The van der Waals surface area contributed by atoms with Crippen molar-refractivity contribution in [3.05, 3.63) is 59.4 Å². The molecule has 0 bridgehead atoms. The molecule has 1 aliphatic heterocycles. The Morgan fingerprint density at radius 1 is 1.34 bits per heavy atom. The number of thioether (sulfide) groups is 1. The number of hydrogen-bond donors (Lipinski definition) is 2. The van der Waals surface area contributed by atoms with Crippen LogP contribution in [0.2, 0.25) is 5.02 Å². The summed E-state index contributed by atoms with van der Waals surface area (Å²) < 4.78 is 5.37. The molecule has 7 nitrogen and oxygen atoms in total. The second kappa shape index (κ2) is 12.0. The minimum atomic E-state index is -0.734. The van der Waals surface area contributed by atoms with Crippen LogP contribution in [-0.4, -0.2) is 58.4 Å². The smallest absolute Gasteiger partial charge is 0.308 e. The van der Waals surface area contributed by atoms with E-state index in [0.29, 0.717) is 18.0 Å². The molecule has 3 atom stereocenters. The number of fused-ring (bicyclic) bond motifs is 1. The number of nitrogens with zero attached hydrogens (tertiary/aromatic N) is 3. The number of methoxy groups -OCH3 is 1. The van der Waals surface area contributed by atoms with E-state index in [2.05, 4.69) is 14.9 Å². The van der Waals surface area contributed by atoms with Crippen molar-refractivity contribution < 1.29 is 14.6 Å². The van der Waals surface area contributed by atoms with Crippen molar-refractivity contribution in [2.45, 2.75) is 30.3 Å². The lowest BCUT2D eigenvalue weighted by Crippen LogP contribution is -2.44. The van der Waals surface area contributed by atoms with Gasteiger partial charge in [-0.2, -0.15) is 0 Å². The number of benzene rings is 1. The molecular formula is C26H31ClN4O3S. The average Bonchev–Trinajstić information content (AvgIpc) is 2.87. The number of nitrogens with two attached hydrogens (primary N) is 1. The van der Waals surface area contributed by atoms with Crippen molar-refractivity contribution in [2.75, 3.05) is 32.5 Å². The minimum absolute atomic E-state index is 0.0830. The molecule has 2 unspecified atom stereocenters. The summed E-state index contributed by atoms with van der Waals surface area (Å²) in [5.41, 5.74) is 8.27. The molecule has 1 aromatic carbocycles. The molecule has 0 aliphatic carbocycles. The first-order valence-electron chi connectivity index (χ1n) is 11.8. The number of carboxylic acids is 1. The Hall–Kier alpha value is -2.39. The maximum absolute atomic E-state index is 12.1. The van der Waals surface area contributed by atoms with Gasteiger partial charge in [-0.15, -0.1) is 11.8 Å². The van der Waals surface area contributed by atoms with Gasteiger partial charge in [-0.1, -0.05) is 17.7 Å². The van der Waals surface area contributed by atoms with Crippen molar-refractivity contribution >= 4 is 40.2 Å². The van der Waals surface area contributed by atoms with Crippen LogP contribution in [0.15, 0.2) is 53.8 Å². The third kappa shape index (κ3) is 6.44. The normalized spacial score (nSPS) is 19.5. The fourth-order valence-corrected chi connectivity index (χ4v) is 5.98. The summed E-state index contributed by atoms with van der Waals surface area (Å²) in [6, 6.07) is 11.2. The number of pyridine rings is 2. The molecule has 1 saturated heterocycles. The zero-order valence-electron chi connectivity index (χ0n) is 19.8. The number of ether oxygens (including phenoxy) is 1. The predicted molar refractivity (Wildman–Crippen MR) is 140 cm³/mol. The van der Waals surface area contributed by atoms with Crippen LogP contribution in [0.5, 0.6) is 5.75 Å². The van der Waals surface area contributed by atoms with Gasteiger partial charge in [0.1, 0.15) is 5.75 Å². The Balaban J connectivity index is 1.37. The topological polar surface area (TPSA) is 102 Å². The Kier molecular flexibility index (Phi) is 8.83. The van der Waals surface area contributed by atoms with Gasteiger partial charge < -0.3 is 20.5 Å². The van der Waals surface area contributed by atoms with Crippen LogP contribution in [0.1, 0.15) is 30.9 Å². The lowest BCUT2D eigenvalue weighted by atomic mass is 9.81. The highest BCUT2D eigenvalue weighted by Gasteiger charge is 2.34. The van der Waals surface area contributed by atoms with E-state index in [1.54, 1.807) is 31.3 Å². The number of aliphatic carboxylic acids is 1. The molecule has 3 N–H and O–H groups in total. The fourth-order valence-electron chi connectivity index (χ4n) is 4.82. The van der Waals surface area contributed by atoms with Gasteiger partial charge in [0, 0.05) is 42.7 Å². The van der Waals surface area contributed by atoms with Crippen LogP contribution in [0.3, 0.4) is 0 Å². The lowest BCUT2D eigenvalue weighted by molar-refractivity contribution is -0.146. The molecule has 0 radical (unpaired) electrons. The number of rotatable bonds is 10. The second-order valence-electron chi connectivity index (χ2n) is 8.90. The van der Waals surface area contributed by atoms with Crippen molar-refractivity contribution in [1.29, 1.82) is 0 Å². The van der Waals surface area contributed by atoms with Crippen LogP contribution in [0.25, 0.3) is 10.9 Å². The summed E-state index contributed by atoms with van der Waals surface area (Å²) in [6.45, 7) is 2.30. The van der Waals surface area contributed by atoms with Crippen LogP contribution in [-0.2, 0) is 4.79 Å². The molecule has 35 heavy (non-hydrogen) atoms. The Bertz CT molecular complexity index is 1150. The summed E-state index contributed by atoms with van der Waals surface area (Å²) in [5, 5.41) is 12.3. The zero-order valence-corrected chi connectivity index (χ0v) is 21.3. The highest BCUT2D eigenvalue weighted by Crippen LogP contribution is 2.36. The molecule has 1 aliphatic rings. The van der Waals surface area contributed by atoms with Gasteiger partial charge >= 0.3 is 5.97 Å². The monoisotopic (exact) mass is 514 g/mol. The van der Waals surface area contributed by atoms with E-state index in [1.165, 1.54) is 0 Å². The van der Waals surface area contributed by atoms with E-state index < -0.39 is 11.9 Å². The van der Waals surface area contributed by atoms with E-state index in [0.717, 1.165) is 58.9 Å². The summed E-state index contributed by atoms with van der Waals surface area (Å²) in [6.07, 6.45) is 5.65. The number of piperidine rings is 1. The summed E-state index contributed by atoms with van der Waals surface area (Å²) >= 11 is 8.21. The molecule has 0 saturated carbocycles. The van der Waals surface area contributed by atoms with Crippen molar-refractivity contribution in [1.82, 2.24) is 14.9 Å². The van der Waals surface area contributed by atoms with E-state index >= 15 is 0 Å². The molecule has 9 heteroatoms. The first-order chi connectivity index (χ1) is 17.0. The highest BCUT2D eigenvalue weighted by atomic mass is 35.5. The number of halogens is 1. The maximum Gasteiger partial charge on any atom is 0.308 e.